The van der Waals surface area contributed by atoms with Crippen LogP contribution in [0.3, 0.4) is 0 Å². The molecule has 3 aromatic rings. The Kier molecular flexibility index (Phi) is 4.94. The number of fused-ring (bicyclic) bond motifs is 5. The van der Waals surface area contributed by atoms with Gasteiger partial charge in [-0.3, -0.25) is 0 Å². The zero-order chi connectivity index (χ0) is 19.5. The fourth-order valence-electron chi connectivity index (χ4n) is 3.11. The molecule has 5 rings (SSSR count). The summed E-state index contributed by atoms with van der Waals surface area (Å²) < 4.78 is 17.3. The molecule has 2 aliphatic rings. The first-order chi connectivity index (χ1) is 14.4. The first-order valence-corrected chi connectivity index (χ1v) is 11.4. The molecule has 3 aromatic carbocycles. The number of ether oxygens (including phenoxy) is 2. The summed E-state index contributed by atoms with van der Waals surface area (Å²) in [6, 6.07) is 19.8. The molecule has 0 saturated heterocycles. The summed E-state index contributed by atoms with van der Waals surface area (Å²) in [5.74, 6) is 1.29. The van der Waals surface area contributed by atoms with E-state index in [2.05, 4.69) is 41.5 Å². The van der Waals surface area contributed by atoms with Crippen molar-refractivity contribution in [3.63, 3.8) is 0 Å². The second-order valence-electron chi connectivity index (χ2n) is 6.31. The van der Waals surface area contributed by atoms with Crippen molar-refractivity contribution in [1.82, 2.24) is 0 Å². The number of para-hydroxylation sites is 1. The van der Waals surface area contributed by atoms with Crippen molar-refractivity contribution in [2.75, 3.05) is 12.1 Å². The number of hydrogen-bond acceptors (Lipinski definition) is 5. The third kappa shape index (κ3) is 3.72. The van der Waals surface area contributed by atoms with Crippen LogP contribution < -0.4 is 10.1 Å². The van der Waals surface area contributed by atoms with Crippen LogP contribution in [0.2, 0.25) is 0 Å². The SMILES string of the molecule is C1=IC=CC=C2Nc3ccc4ccccc4c3N=Nc3ccccc3OCOC=12. The first-order valence-electron chi connectivity index (χ1n) is 9.06. The maximum Gasteiger partial charge on any atom is 0.231 e. The van der Waals surface area contributed by atoms with Crippen molar-refractivity contribution in [2.24, 2.45) is 10.2 Å². The van der Waals surface area contributed by atoms with Crippen molar-refractivity contribution in [2.45, 2.75) is 0 Å². The molecule has 6 heteroatoms. The number of benzene rings is 3. The summed E-state index contributed by atoms with van der Waals surface area (Å²) in [6.07, 6.45) is 4.02. The number of halogens is 1. The van der Waals surface area contributed by atoms with Gasteiger partial charge in [-0.15, -0.1) is 10.2 Å². The summed E-state index contributed by atoms with van der Waals surface area (Å²) in [6.45, 7) is 0.0716. The molecule has 142 valence electrons. The molecule has 0 aliphatic carbocycles. The second kappa shape index (κ2) is 8.03. The Morgan fingerprint density at radius 2 is 1.83 bits per heavy atom. The maximum atomic E-state index is 5.93. The summed E-state index contributed by atoms with van der Waals surface area (Å²) in [7, 11) is 0. The van der Waals surface area contributed by atoms with Gasteiger partial charge in [0.25, 0.3) is 0 Å². The number of nitrogens with zero attached hydrogens (tertiary/aromatic N) is 2. The minimum Gasteiger partial charge on any atom is -0.455 e. The molecule has 0 radical (unpaired) electrons. The molecule has 0 amide bonds. The average Bonchev–Trinajstić information content (AvgIpc) is 2.98. The molecule has 2 heterocycles. The molecule has 0 unspecified atom stereocenters. The van der Waals surface area contributed by atoms with Crippen LogP contribution in [0, 0.1) is 0 Å². The van der Waals surface area contributed by atoms with E-state index in [1.54, 1.807) is 0 Å². The minimum atomic E-state index is -0.341. The Morgan fingerprint density at radius 1 is 0.931 bits per heavy atom. The molecule has 0 atom stereocenters. The number of nitrogens with one attached hydrogen (secondary N) is 1. The predicted molar refractivity (Wildman–Crippen MR) is 125 cm³/mol. The van der Waals surface area contributed by atoms with E-state index in [-0.39, 0.29) is 27.5 Å². The molecular weight excluding hydrogens is 477 g/mol. The van der Waals surface area contributed by atoms with Crippen LogP contribution in [-0.4, -0.2) is 10.5 Å². The number of rotatable bonds is 0. The van der Waals surface area contributed by atoms with Crippen molar-refractivity contribution >= 4 is 52.2 Å². The largest absolute Gasteiger partial charge is 0.455 e. The zero-order valence-electron chi connectivity index (χ0n) is 15.3. The smallest absolute Gasteiger partial charge is 0.231 e. The van der Waals surface area contributed by atoms with Gasteiger partial charge >= 0.3 is 0 Å². The summed E-state index contributed by atoms with van der Waals surface area (Å²) >= 11 is -0.341. The van der Waals surface area contributed by atoms with Gasteiger partial charge in [0.05, 0.1) is 11.4 Å². The van der Waals surface area contributed by atoms with Gasteiger partial charge < -0.3 is 14.8 Å². The highest BCUT2D eigenvalue weighted by atomic mass is 127. The minimum absolute atomic E-state index is 0.0716. The van der Waals surface area contributed by atoms with E-state index < -0.39 is 0 Å². The molecule has 0 spiro atoms. The number of anilines is 1. The van der Waals surface area contributed by atoms with Gasteiger partial charge in [-0.25, -0.2) is 0 Å². The second-order valence-corrected chi connectivity index (χ2v) is 8.19. The Balaban J connectivity index is 1.73. The maximum absolute atomic E-state index is 5.93. The quantitative estimate of drug-likeness (QED) is 0.355. The molecule has 0 bridgehead atoms. The lowest BCUT2D eigenvalue weighted by Gasteiger charge is -2.17. The Labute approximate surface area is 177 Å². The molecule has 0 fully saturated rings. The monoisotopic (exact) mass is 493 g/mol. The van der Waals surface area contributed by atoms with Crippen LogP contribution in [0.25, 0.3) is 10.8 Å². The molecule has 0 aromatic heterocycles. The van der Waals surface area contributed by atoms with Gasteiger partial charge in [-0.1, -0.05) is 48.5 Å². The lowest BCUT2D eigenvalue weighted by atomic mass is 10.1. The van der Waals surface area contributed by atoms with E-state index in [9.17, 15) is 0 Å². The highest BCUT2D eigenvalue weighted by Gasteiger charge is 2.15. The van der Waals surface area contributed by atoms with Gasteiger partial charge in [0.1, 0.15) is 11.4 Å². The van der Waals surface area contributed by atoms with E-state index in [1.807, 2.05) is 54.6 Å². The number of azo groups is 1. The molecule has 5 nitrogen and oxygen atoms in total. The number of hydrogen-bond donors (Lipinski definition) is 1. The third-order valence-corrected chi connectivity index (χ3v) is 6.07. The molecule has 0 saturated carbocycles. The molecule has 1 N–H and O–H groups in total. The van der Waals surface area contributed by atoms with Crippen molar-refractivity contribution in [1.29, 1.82) is 0 Å². The average molecular weight is 493 g/mol. The summed E-state index contributed by atoms with van der Waals surface area (Å²) in [5, 5.41) is 14.7. The van der Waals surface area contributed by atoms with Crippen LogP contribution in [0.1, 0.15) is 0 Å². The van der Waals surface area contributed by atoms with Crippen LogP contribution in [0.4, 0.5) is 17.1 Å². The van der Waals surface area contributed by atoms with Gasteiger partial charge in [0.2, 0.25) is 6.79 Å². The topological polar surface area (TPSA) is 55.2 Å². The van der Waals surface area contributed by atoms with Crippen LogP contribution in [0.5, 0.6) is 5.75 Å². The molecule has 2 aliphatic heterocycles. The standard InChI is InChI=1S/C23H16IN3O2/c1-2-7-17-16(6-1)11-12-20-23(17)27-26-19-8-3-4-10-21(19)28-15-29-22-14-24-13-5-9-18(22)25-20/h1-13,25H,15H2. The predicted octanol–water partition coefficient (Wildman–Crippen LogP) is 6.70. The fraction of sp³-hybridized carbons (Fsp3) is 0.0435. The summed E-state index contributed by atoms with van der Waals surface area (Å²) in [4.78, 5) is 0. The molecular formula is C23H16IN3O2. The highest BCUT2D eigenvalue weighted by molar-refractivity contribution is 14.2. The number of allylic oxidation sites excluding steroid dienone is 2. The van der Waals surface area contributed by atoms with Crippen LogP contribution >= 0.6 is 20.7 Å². The Bertz CT molecular complexity index is 1250. The van der Waals surface area contributed by atoms with Crippen LogP contribution in [-0.2, 0) is 4.74 Å². The van der Waals surface area contributed by atoms with Crippen molar-refractivity contribution in [3.8, 4) is 5.75 Å². The first kappa shape index (κ1) is 17.8. The lowest BCUT2D eigenvalue weighted by Crippen LogP contribution is -2.10. The van der Waals surface area contributed by atoms with Gasteiger partial charge in [-0.05, 0) is 58.1 Å². The zero-order valence-corrected chi connectivity index (χ0v) is 17.5. The van der Waals surface area contributed by atoms with E-state index in [0.29, 0.717) is 17.2 Å². The van der Waals surface area contributed by atoms with Gasteiger partial charge in [-0.2, -0.15) is 0 Å². The van der Waals surface area contributed by atoms with Crippen molar-refractivity contribution < 1.29 is 9.47 Å². The third-order valence-electron chi connectivity index (χ3n) is 4.49. The summed E-state index contributed by atoms with van der Waals surface area (Å²) in [5.41, 5.74) is 3.10. The molecule has 29 heavy (non-hydrogen) atoms. The van der Waals surface area contributed by atoms with E-state index in [4.69, 9.17) is 9.47 Å². The van der Waals surface area contributed by atoms with Gasteiger partial charge in [0.15, 0.2) is 11.5 Å². The fourth-order valence-corrected chi connectivity index (χ4v) is 4.43. The van der Waals surface area contributed by atoms with Crippen LogP contribution in [0.15, 0.2) is 98.6 Å². The normalized spacial score (nSPS) is 15.3. The Hall–Kier alpha value is -3.22. The lowest BCUT2D eigenvalue weighted by molar-refractivity contribution is 0.0684. The van der Waals surface area contributed by atoms with E-state index in [0.717, 1.165) is 27.8 Å². The van der Waals surface area contributed by atoms with E-state index in [1.165, 1.54) is 0 Å². The van der Waals surface area contributed by atoms with Crippen molar-refractivity contribution in [3.05, 3.63) is 88.4 Å². The Morgan fingerprint density at radius 3 is 2.83 bits per heavy atom. The van der Waals surface area contributed by atoms with Gasteiger partial charge in [0, 0.05) is 5.39 Å². The van der Waals surface area contributed by atoms with E-state index >= 15 is 0 Å². The highest BCUT2D eigenvalue weighted by Crippen LogP contribution is 2.38.